The molecule has 5 rings (SSSR count). The molecule has 4 aromatic carbocycles. The molecule has 4 aromatic rings. The summed E-state index contributed by atoms with van der Waals surface area (Å²) in [5.74, 6) is 0.267. The van der Waals surface area contributed by atoms with Crippen molar-refractivity contribution in [1.82, 2.24) is 0 Å². The topological polar surface area (TPSA) is 12.4 Å². The van der Waals surface area contributed by atoms with Crippen molar-refractivity contribution in [2.24, 2.45) is 4.99 Å². The molecule has 128 valence electrons. The predicted octanol–water partition coefficient (Wildman–Crippen LogP) is 6.75. The molecule has 0 aromatic heterocycles. The van der Waals surface area contributed by atoms with Gasteiger partial charge in [0.1, 0.15) is 0 Å². The van der Waals surface area contributed by atoms with Gasteiger partial charge in [-0.3, -0.25) is 4.99 Å². The van der Waals surface area contributed by atoms with Gasteiger partial charge in [0.05, 0.1) is 5.69 Å². The van der Waals surface area contributed by atoms with Gasteiger partial charge in [0.15, 0.2) is 0 Å². The van der Waals surface area contributed by atoms with Crippen LogP contribution in [-0.2, 0) is 0 Å². The van der Waals surface area contributed by atoms with Crippen LogP contribution in [0.1, 0.15) is 28.2 Å². The average molecular weight is 345 g/mol. The number of fused-ring (bicyclic) bond motifs is 2. The molecule has 1 aliphatic carbocycles. The molecule has 0 saturated carbocycles. The van der Waals surface area contributed by atoms with Crippen molar-refractivity contribution in [3.05, 3.63) is 119 Å². The normalized spacial score (nSPS) is 15.5. The molecule has 27 heavy (non-hydrogen) atoms. The molecule has 0 aliphatic heterocycles. The van der Waals surface area contributed by atoms with E-state index in [9.17, 15) is 0 Å². The first-order valence-electron chi connectivity index (χ1n) is 9.28. The minimum atomic E-state index is 0.267. The summed E-state index contributed by atoms with van der Waals surface area (Å²) < 4.78 is 0. The number of aliphatic imine (C=N–C) groups is 1. The molecule has 0 heterocycles. The molecule has 1 aliphatic rings. The minimum Gasteiger partial charge on any atom is -0.256 e. The van der Waals surface area contributed by atoms with Crippen molar-refractivity contribution in [2.75, 3.05) is 0 Å². The van der Waals surface area contributed by atoms with Gasteiger partial charge in [-0.05, 0) is 39.6 Å². The maximum atomic E-state index is 4.77. The Balaban J connectivity index is 1.69. The first-order valence-corrected chi connectivity index (χ1v) is 9.28. The van der Waals surface area contributed by atoms with E-state index >= 15 is 0 Å². The van der Waals surface area contributed by atoms with E-state index in [0.717, 1.165) is 5.69 Å². The summed E-state index contributed by atoms with van der Waals surface area (Å²) >= 11 is 0. The molecule has 0 bridgehead atoms. The molecule has 1 atom stereocenters. The van der Waals surface area contributed by atoms with E-state index < -0.39 is 0 Å². The van der Waals surface area contributed by atoms with Gasteiger partial charge in [0.25, 0.3) is 0 Å². The van der Waals surface area contributed by atoms with Gasteiger partial charge in [0, 0.05) is 17.7 Å². The maximum Gasteiger partial charge on any atom is 0.0629 e. The molecule has 0 N–H and O–H groups in total. The highest BCUT2D eigenvalue weighted by atomic mass is 14.7. The second-order valence-corrected chi connectivity index (χ2v) is 6.85. The highest BCUT2D eigenvalue weighted by Crippen LogP contribution is 2.38. The van der Waals surface area contributed by atoms with Crippen LogP contribution in [0, 0.1) is 0 Å². The van der Waals surface area contributed by atoms with E-state index in [2.05, 4.69) is 72.8 Å². The van der Waals surface area contributed by atoms with E-state index in [-0.39, 0.29) is 5.92 Å². The lowest BCUT2D eigenvalue weighted by molar-refractivity contribution is 1.05. The first-order chi connectivity index (χ1) is 13.4. The second-order valence-electron chi connectivity index (χ2n) is 6.85. The Morgan fingerprint density at radius 2 is 1.44 bits per heavy atom. The highest BCUT2D eigenvalue weighted by Gasteiger charge is 2.21. The Labute approximate surface area is 159 Å². The predicted molar refractivity (Wildman–Crippen MR) is 115 cm³/mol. The summed E-state index contributed by atoms with van der Waals surface area (Å²) in [5.41, 5.74) is 6.14. The van der Waals surface area contributed by atoms with Crippen LogP contribution in [-0.4, -0.2) is 6.21 Å². The summed E-state index contributed by atoms with van der Waals surface area (Å²) in [6.45, 7) is 0. The van der Waals surface area contributed by atoms with Gasteiger partial charge in [0.2, 0.25) is 0 Å². The summed E-state index contributed by atoms with van der Waals surface area (Å²) in [6, 6.07) is 31.8. The quantitative estimate of drug-likeness (QED) is 0.364. The third-order valence-electron chi connectivity index (χ3n) is 5.24. The average Bonchev–Trinajstić information content (AvgIpc) is 3.16. The fourth-order valence-electron chi connectivity index (χ4n) is 3.90. The van der Waals surface area contributed by atoms with Gasteiger partial charge >= 0.3 is 0 Å². The monoisotopic (exact) mass is 345 g/mol. The number of hydrogen-bond acceptors (Lipinski definition) is 1. The summed E-state index contributed by atoms with van der Waals surface area (Å²) in [5, 5.41) is 2.48. The lowest BCUT2D eigenvalue weighted by Gasteiger charge is -2.16. The molecule has 0 fully saturated rings. The summed E-state index contributed by atoms with van der Waals surface area (Å²) in [4.78, 5) is 4.77. The van der Waals surface area contributed by atoms with Crippen molar-refractivity contribution in [1.29, 1.82) is 0 Å². The molecule has 0 spiro atoms. The van der Waals surface area contributed by atoms with Gasteiger partial charge in [-0.1, -0.05) is 91.0 Å². The fourth-order valence-corrected chi connectivity index (χ4v) is 3.90. The van der Waals surface area contributed by atoms with Crippen LogP contribution in [0.5, 0.6) is 0 Å². The van der Waals surface area contributed by atoms with E-state index in [1.54, 1.807) is 0 Å². The number of benzene rings is 4. The fraction of sp³-hybridized carbons (Fsp3) is 0.0385. The molecule has 1 unspecified atom stereocenters. The number of hydrogen-bond donors (Lipinski definition) is 0. The van der Waals surface area contributed by atoms with Crippen molar-refractivity contribution < 1.29 is 0 Å². The van der Waals surface area contributed by atoms with Crippen molar-refractivity contribution in [3.63, 3.8) is 0 Å². The van der Waals surface area contributed by atoms with Crippen LogP contribution < -0.4 is 0 Å². The van der Waals surface area contributed by atoms with Crippen LogP contribution >= 0.6 is 0 Å². The Bertz CT molecular complexity index is 1170. The van der Waals surface area contributed by atoms with E-state index in [0.29, 0.717) is 0 Å². The molecule has 0 amide bonds. The first kappa shape index (κ1) is 15.8. The standard InChI is InChI=1S/C26H19N/c1-2-10-21(11-3-1)27-18-26-23-13-7-5-9-20(23)15-17-25(26)24-16-14-19-8-4-6-12-22(19)24/h1-18,24H. The van der Waals surface area contributed by atoms with Crippen molar-refractivity contribution in [2.45, 2.75) is 5.92 Å². The molecule has 1 heteroatoms. The molecule has 0 saturated heterocycles. The van der Waals surface area contributed by atoms with Gasteiger partial charge in [-0.25, -0.2) is 0 Å². The second kappa shape index (κ2) is 6.69. The zero-order valence-electron chi connectivity index (χ0n) is 14.9. The van der Waals surface area contributed by atoms with E-state index in [4.69, 9.17) is 4.99 Å². The van der Waals surface area contributed by atoms with E-state index in [1.165, 1.54) is 33.0 Å². The highest BCUT2D eigenvalue weighted by molar-refractivity contribution is 6.02. The van der Waals surface area contributed by atoms with Crippen LogP contribution in [0.15, 0.2) is 102 Å². The SMILES string of the molecule is C1=CC(c2ccc3ccccc3c2C=Nc2ccccc2)c2ccccc21. The van der Waals surface area contributed by atoms with Gasteiger partial charge in [-0.2, -0.15) is 0 Å². The summed E-state index contributed by atoms with van der Waals surface area (Å²) in [6.07, 6.45) is 6.56. The van der Waals surface area contributed by atoms with Crippen LogP contribution in [0.4, 0.5) is 5.69 Å². The van der Waals surface area contributed by atoms with Crippen LogP contribution in [0.25, 0.3) is 16.8 Å². The molecule has 0 radical (unpaired) electrons. The maximum absolute atomic E-state index is 4.77. The summed E-state index contributed by atoms with van der Waals surface area (Å²) in [7, 11) is 0. The lowest BCUT2D eigenvalue weighted by atomic mass is 9.87. The van der Waals surface area contributed by atoms with Crippen LogP contribution in [0.2, 0.25) is 0 Å². The third-order valence-corrected chi connectivity index (χ3v) is 5.24. The van der Waals surface area contributed by atoms with Crippen LogP contribution in [0.3, 0.4) is 0 Å². The van der Waals surface area contributed by atoms with Gasteiger partial charge in [-0.15, -0.1) is 0 Å². The number of nitrogens with zero attached hydrogens (tertiary/aromatic N) is 1. The van der Waals surface area contributed by atoms with E-state index in [1.807, 2.05) is 36.5 Å². The van der Waals surface area contributed by atoms with Crippen molar-refractivity contribution >= 4 is 28.8 Å². The van der Waals surface area contributed by atoms with Crippen molar-refractivity contribution in [3.8, 4) is 0 Å². The minimum absolute atomic E-state index is 0.267. The number of allylic oxidation sites excluding steroid dienone is 1. The third kappa shape index (κ3) is 2.88. The zero-order chi connectivity index (χ0) is 18.1. The molecular weight excluding hydrogens is 326 g/mol. The Kier molecular flexibility index (Phi) is 3.91. The smallest absolute Gasteiger partial charge is 0.0629 e. The molecule has 1 nitrogen and oxygen atoms in total. The largest absolute Gasteiger partial charge is 0.256 e. The Morgan fingerprint density at radius 3 is 2.37 bits per heavy atom. The number of para-hydroxylation sites is 1. The molecular formula is C26H19N. The Hall–Kier alpha value is -3.45. The zero-order valence-corrected chi connectivity index (χ0v) is 14.9. The Morgan fingerprint density at radius 1 is 0.667 bits per heavy atom. The lowest BCUT2D eigenvalue weighted by Crippen LogP contribution is -2.01. The number of rotatable bonds is 3. The van der Waals surface area contributed by atoms with Gasteiger partial charge < -0.3 is 0 Å².